The largest absolute Gasteiger partial charge is 2.00 e. The second-order valence-electron chi connectivity index (χ2n) is 6.61. The first kappa shape index (κ1) is 29.3. The third-order valence-electron chi connectivity index (χ3n) is 2.77. The molecule has 0 aromatic rings. The summed E-state index contributed by atoms with van der Waals surface area (Å²) in [7, 11) is 0. The van der Waals surface area contributed by atoms with Crippen molar-refractivity contribution in [2.75, 3.05) is 0 Å². The predicted molar refractivity (Wildman–Crippen MR) is 102 cm³/mol. The minimum absolute atomic E-state index is 0. The van der Waals surface area contributed by atoms with Gasteiger partial charge in [-0.2, -0.15) is 13.3 Å². The Morgan fingerprint density at radius 3 is 1.05 bits per heavy atom. The minimum Gasteiger partial charge on any atom is -0.346 e. The molecular formula is C18H41AlMg. The van der Waals surface area contributed by atoms with Crippen LogP contribution in [0, 0.1) is 31.6 Å². The topological polar surface area (TPSA) is 0 Å². The Morgan fingerprint density at radius 2 is 0.950 bits per heavy atom. The van der Waals surface area contributed by atoms with Gasteiger partial charge in [0.25, 0.3) is 14.1 Å². The van der Waals surface area contributed by atoms with Crippen LogP contribution < -0.4 is 0 Å². The molecule has 0 heterocycles. The third-order valence-corrected chi connectivity index (χ3v) is 7.60. The van der Waals surface area contributed by atoms with Crippen molar-refractivity contribution in [2.24, 2.45) is 17.8 Å². The van der Waals surface area contributed by atoms with Crippen LogP contribution in [0.2, 0.25) is 15.8 Å². The van der Waals surface area contributed by atoms with Gasteiger partial charge >= 0.3 is 23.1 Å². The summed E-state index contributed by atoms with van der Waals surface area (Å²) in [5.41, 5.74) is 0. The molecule has 0 atom stereocenters. The molecule has 20 heavy (non-hydrogen) atoms. The van der Waals surface area contributed by atoms with Gasteiger partial charge in [0.05, 0.1) is 0 Å². The monoisotopic (exact) mass is 308 g/mol. The fourth-order valence-corrected chi connectivity index (χ4v) is 6.87. The van der Waals surface area contributed by atoms with Gasteiger partial charge in [-0.1, -0.05) is 88.5 Å². The predicted octanol–water partition coefficient (Wildman–Crippen LogP) is 6.53. The molecular weight excluding hydrogens is 267 g/mol. The summed E-state index contributed by atoms with van der Waals surface area (Å²) in [5, 5.41) is 4.66. The molecule has 0 bridgehead atoms. The summed E-state index contributed by atoms with van der Waals surface area (Å²) in [4.78, 5) is 0. The Bertz CT molecular complexity index is 119. The van der Waals surface area contributed by atoms with Crippen LogP contribution in [0.1, 0.15) is 68.2 Å². The Hall–Kier alpha value is 1.30. The quantitative estimate of drug-likeness (QED) is 0.370. The van der Waals surface area contributed by atoms with E-state index in [9.17, 15) is 0 Å². The van der Waals surface area contributed by atoms with Crippen LogP contribution in [0.4, 0.5) is 0 Å². The van der Waals surface area contributed by atoms with E-state index in [4.69, 9.17) is 0 Å². The summed E-state index contributed by atoms with van der Waals surface area (Å²) in [6, 6.07) is 0. The molecule has 0 aliphatic heterocycles. The van der Waals surface area contributed by atoms with Gasteiger partial charge in [0, 0.05) is 0 Å². The van der Waals surface area contributed by atoms with Gasteiger partial charge in [-0.25, -0.2) is 0 Å². The molecule has 0 spiro atoms. The summed E-state index contributed by atoms with van der Waals surface area (Å²) < 4.78 is 0. The molecule has 0 aromatic carbocycles. The summed E-state index contributed by atoms with van der Waals surface area (Å²) in [6.45, 7) is 25.0. The molecule has 0 N–H and O–H groups in total. The maximum absolute atomic E-state index is 3.60. The molecule has 0 saturated carbocycles. The second-order valence-corrected chi connectivity index (χ2v) is 9.75. The summed E-state index contributed by atoms with van der Waals surface area (Å²) in [5.74, 6) is 2.78. The second kappa shape index (κ2) is 22.6. The SMILES string of the molecule is CC(C)[CH2][Al]([CH2]C(C)C)[CH2]C(C)C.[CH2-]C.[CH2-]CCC.[Mg+2]. The van der Waals surface area contributed by atoms with Crippen molar-refractivity contribution >= 4 is 37.2 Å². The van der Waals surface area contributed by atoms with Gasteiger partial charge in [-0.15, -0.1) is 0 Å². The molecule has 0 aliphatic rings. The molecule has 0 saturated heterocycles. The maximum atomic E-state index is 3.60. The normalized spacial score (nSPS) is 9.45. The van der Waals surface area contributed by atoms with E-state index in [1.165, 1.54) is 6.42 Å². The van der Waals surface area contributed by atoms with Crippen molar-refractivity contribution in [3.05, 3.63) is 13.8 Å². The molecule has 0 fully saturated rings. The minimum atomic E-state index is -0.407. The average Bonchev–Trinajstić information content (AvgIpc) is 2.29. The third kappa shape index (κ3) is 31.6. The molecule has 0 rings (SSSR count). The van der Waals surface area contributed by atoms with E-state index in [1.807, 2.05) is 0 Å². The van der Waals surface area contributed by atoms with Crippen molar-refractivity contribution in [3.8, 4) is 0 Å². The van der Waals surface area contributed by atoms with Gasteiger partial charge in [0.2, 0.25) is 0 Å². The van der Waals surface area contributed by atoms with Gasteiger partial charge in [-0.05, 0) is 0 Å². The zero-order valence-electron chi connectivity index (χ0n) is 16.0. The van der Waals surface area contributed by atoms with Crippen LogP contribution in [-0.4, -0.2) is 37.2 Å². The van der Waals surface area contributed by atoms with E-state index in [2.05, 4.69) is 62.3 Å². The number of hydrogen-bond acceptors (Lipinski definition) is 0. The summed E-state index contributed by atoms with van der Waals surface area (Å²) >= 11 is -0.407. The van der Waals surface area contributed by atoms with Gasteiger partial charge < -0.3 is 13.8 Å². The molecule has 0 aliphatic carbocycles. The van der Waals surface area contributed by atoms with Crippen molar-refractivity contribution < 1.29 is 0 Å². The van der Waals surface area contributed by atoms with Crippen molar-refractivity contribution in [2.45, 2.75) is 84.1 Å². The van der Waals surface area contributed by atoms with E-state index < -0.39 is 14.1 Å². The van der Waals surface area contributed by atoms with Crippen LogP contribution in [-0.2, 0) is 0 Å². The number of rotatable bonds is 7. The molecule has 118 valence electrons. The Balaban J connectivity index is -0.000000157. The van der Waals surface area contributed by atoms with Crippen LogP contribution in [0.5, 0.6) is 0 Å². The smallest absolute Gasteiger partial charge is 0.346 e. The first-order valence-corrected chi connectivity index (χ1v) is 10.8. The number of hydrogen-bond donors (Lipinski definition) is 0. The van der Waals surface area contributed by atoms with E-state index in [0.29, 0.717) is 0 Å². The number of unbranched alkanes of at least 4 members (excludes halogenated alkanes) is 1. The molecule has 0 aromatic heterocycles. The molecule has 2 heteroatoms. The van der Waals surface area contributed by atoms with Gasteiger partial charge in [0.1, 0.15) is 0 Å². The fraction of sp³-hybridized carbons (Fsp3) is 0.889. The average molecular weight is 309 g/mol. The van der Waals surface area contributed by atoms with Gasteiger partial charge in [0.15, 0.2) is 0 Å². The van der Waals surface area contributed by atoms with Crippen LogP contribution in [0.3, 0.4) is 0 Å². The van der Waals surface area contributed by atoms with Crippen LogP contribution in [0.15, 0.2) is 0 Å². The van der Waals surface area contributed by atoms with E-state index in [-0.39, 0.29) is 23.1 Å². The van der Waals surface area contributed by atoms with Crippen molar-refractivity contribution in [1.82, 2.24) is 0 Å². The standard InChI is InChI=1S/4C4H9.C2H5.Al.Mg/c3*1-4(2)3;1-3-4-2;1-2;;/h3*4H,1H2,2-3H3;1,3-4H2,2H3;1H2,2H3;;/q;;;2*-1;;+2. The maximum Gasteiger partial charge on any atom is 2.00 e. The molecule has 0 radical (unpaired) electrons. The molecule has 0 amide bonds. The van der Waals surface area contributed by atoms with Crippen molar-refractivity contribution in [1.29, 1.82) is 0 Å². The first-order valence-electron chi connectivity index (χ1n) is 8.33. The molecule has 0 nitrogen and oxygen atoms in total. The van der Waals surface area contributed by atoms with E-state index in [0.717, 1.165) is 24.2 Å². The van der Waals surface area contributed by atoms with Crippen LogP contribution >= 0.6 is 0 Å². The Labute approximate surface area is 152 Å². The fourth-order valence-electron chi connectivity index (χ4n) is 2.29. The Morgan fingerprint density at radius 1 is 0.750 bits per heavy atom. The first-order chi connectivity index (χ1) is 8.83. The molecule has 0 unspecified atom stereocenters. The van der Waals surface area contributed by atoms with E-state index >= 15 is 0 Å². The zero-order valence-corrected chi connectivity index (χ0v) is 18.5. The zero-order chi connectivity index (χ0) is 15.8. The van der Waals surface area contributed by atoms with E-state index in [1.54, 1.807) is 22.8 Å². The van der Waals surface area contributed by atoms with Crippen molar-refractivity contribution in [3.63, 3.8) is 0 Å². The van der Waals surface area contributed by atoms with Crippen LogP contribution in [0.25, 0.3) is 0 Å². The van der Waals surface area contributed by atoms with Gasteiger partial charge in [-0.3, -0.25) is 0 Å². The Kier molecular flexibility index (Phi) is 33.1. The summed E-state index contributed by atoms with van der Waals surface area (Å²) in [6.07, 6.45) is 2.28.